The second kappa shape index (κ2) is 9.79. The first-order chi connectivity index (χ1) is 12.3. The molecule has 0 aromatic carbocycles. The van der Waals surface area contributed by atoms with E-state index >= 15 is 0 Å². The zero-order valence-corrected chi connectivity index (χ0v) is 20.1. The van der Waals surface area contributed by atoms with Crippen LogP contribution in [-0.2, 0) is 10.8 Å². The highest BCUT2D eigenvalue weighted by molar-refractivity contribution is 7.08. The Morgan fingerprint density at radius 3 is 1.74 bits per heavy atom. The Morgan fingerprint density at radius 1 is 0.852 bits per heavy atom. The summed E-state index contributed by atoms with van der Waals surface area (Å²) >= 11 is 3.35. The fraction of sp³-hybridized carbons (Fsp3) is 0.565. The van der Waals surface area contributed by atoms with E-state index in [0.717, 1.165) is 6.54 Å². The van der Waals surface area contributed by atoms with Gasteiger partial charge < -0.3 is 0 Å². The molecule has 0 amide bonds. The Bertz CT molecular complexity index is 658. The first kappa shape index (κ1) is 23.8. The van der Waals surface area contributed by atoms with Crippen LogP contribution in [0, 0.1) is 5.41 Å². The summed E-state index contributed by atoms with van der Waals surface area (Å²) in [6.45, 7) is 20.7. The van der Waals surface area contributed by atoms with E-state index in [2.05, 4.69) is 107 Å². The molecule has 1 aliphatic rings. The summed E-state index contributed by atoms with van der Waals surface area (Å²) in [5.74, 6) is 0. The number of hydrogen-bond acceptors (Lipinski definition) is 4. The summed E-state index contributed by atoms with van der Waals surface area (Å²) in [6.07, 6.45) is 6.06. The average Bonchev–Trinajstić information content (AvgIpc) is 3.28. The number of aromatic nitrogens is 1. The maximum absolute atomic E-state index is 4.31. The zero-order chi connectivity index (χ0) is 20.7. The molecule has 0 unspecified atom stereocenters. The van der Waals surface area contributed by atoms with Crippen molar-refractivity contribution in [2.45, 2.75) is 73.1 Å². The van der Waals surface area contributed by atoms with E-state index in [-0.39, 0.29) is 10.8 Å². The maximum atomic E-state index is 4.31. The van der Waals surface area contributed by atoms with Gasteiger partial charge in [0.15, 0.2) is 0 Å². The van der Waals surface area contributed by atoms with Crippen LogP contribution in [-0.4, -0.2) is 16.6 Å². The Morgan fingerprint density at radius 2 is 1.52 bits per heavy atom. The molecule has 27 heavy (non-hydrogen) atoms. The molecule has 150 valence electrons. The van der Waals surface area contributed by atoms with Crippen LogP contribution in [0.4, 0.5) is 0 Å². The molecule has 0 spiro atoms. The predicted octanol–water partition coefficient (Wildman–Crippen LogP) is 7.53. The van der Waals surface area contributed by atoms with E-state index in [4.69, 9.17) is 0 Å². The summed E-state index contributed by atoms with van der Waals surface area (Å²) in [5.41, 5.74) is 3.52. The second-order valence-electron chi connectivity index (χ2n) is 9.77. The lowest BCUT2D eigenvalue weighted by Crippen LogP contribution is -2.16. The number of thiophene rings is 1. The van der Waals surface area contributed by atoms with E-state index in [0.29, 0.717) is 5.41 Å². The molecule has 2 nitrogen and oxygen atoms in total. The van der Waals surface area contributed by atoms with E-state index < -0.39 is 0 Å². The monoisotopic (exact) mass is 404 g/mol. The van der Waals surface area contributed by atoms with Gasteiger partial charge in [-0.3, -0.25) is 4.99 Å². The number of aliphatic imine (C=N–C) groups is 1. The largest absolute Gasteiger partial charge is 0.285 e. The number of hydrogen-bond donors (Lipinski definition) is 0. The van der Waals surface area contributed by atoms with Crippen LogP contribution in [0.2, 0.25) is 0 Å². The zero-order valence-electron chi connectivity index (χ0n) is 18.5. The highest BCUT2D eigenvalue weighted by atomic mass is 32.1. The van der Waals surface area contributed by atoms with Crippen molar-refractivity contribution in [3.63, 3.8) is 0 Å². The van der Waals surface area contributed by atoms with Gasteiger partial charge in [-0.2, -0.15) is 11.3 Å². The third-order valence-electron chi connectivity index (χ3n) is 3.98. The van der Waals surface area contributed by atoms with Crippen molar-refractivity contribution >= 4 is 28.6 Å². The Labute approximate surface area is 174 Å². The van der Waals surface area contributed by atoms with Gasteiger partial charge in [0.2, 0.25) is 0 Å². The maximum Gasteiger partial charge on any atom is 0.0577 e. The van der Waals surface area contributed by atoms with Crippen molar-refractivity contribution in [3.8, 4) is 0 Å². The minimum absolute atomic E-state index is 0.243. The lowest BCUT2D eigenvalue weighted by atomic mass is 9.90. The van der Waals surface area contributed by atoms with E-state index in [1.54, 1.807) is 22.9 Å². The van der Waals surface area contributed by atoms with Crippen LogP contribution in [0.5, 0.6) is 0 Å². The minimum Gasteiger partial charge on any atom is -0.285 e. The third kappa shape index (κ3) is 8.98. The summed E-state index contributed by atoms with van der Waals surface area (Å²) in [7, 11) is 0. The molecule has 4 heteroatoms. The molecule has 0 atom stereocenters. The average molecular weight is 405 g/mol. The van der Waals surface area contributed by atoms with E-state index in [1.807, 2.05) is 6.20 Å². The lowest BCUT2D eigenvalue weighted by molar-refractivity contribution is 0.593. The summed E-state index contributed by atoms with van der Waals surface area (Å²) in [5, 5.41) is 4.33. The van der Waals surface area contributed by atoms with Crippen molar-refractivity contribution < 1.29 is 0 Å². The normalized spacial score (nSPS) is 14.0. The van der Waals surface area contributed by atoms with Crippen molar-refractivity contribution in [2.75, 3.05) is 6.54 Å². The van der Waals surface area contributed by atoms with Crippen LogP contribution in [0.25, 0.3) is 0 Å². The van der Waals surface area contributed by atoms with Crippen LogP contribution < -0.4 is 0 Å². The van der Waals surface area contributed by atoms with Crippen LogP contribution in [0.3, 0.4) is 0 Å². The molecule has 2 aromatic rings. The molecule has 0 fully saturated rings. The SMILES string of the molecule is CC(C)(C)C1=NCC=C1.CC(C)(C)c1ccns1.CC(C)(C)c1ccsc1. The van der Waals surface area contributed by atoms with Gasteiger partial charge in [-0.1, -0.05) is 68.4 Å². The number of nitrogens with zero attached hydrogens (tertiary/aromatic N) is 2. The summed E-state index contributed by atoms with van der Waals surface area (Å²) in [4.78, 5) is 5.66. The highest BCUT2D eigenvalue weighted by Gasteiger charge is 2.17. The van der Waals surface area contributed by atoms with E-state index in [1.165, 1.54) is 16.2 Å². The van der Waals surface area contributed by atoms with Crippen molar-refractivity contribution in [3.05, 3.63) is 51.7 Å². The molecular formula is C23H36N2S2. The quantitative estimate of drug-likeness (QED) is 0.445. The molecule has 0 radical (unpaired) electrons. The molecule has 2 aromatic heterocycles. The number of allylic oxidation sites excluding steroid dienone is 1. The van der Waals surface area contributed by atoms with Crippen molar-refractivity contribution in [1.29, 1.82) is 0 Å². The molecular weight excluding hydrogens is 368 g/mol. The lowest BCUT2D eigenvalue weighted by Gasteiger charge is -2.16. The van der Waals surface area contributed by atoms with Gasteiger partial charge in [0, 0.05) is 22.2 Å². The van der Waals surface area contributed by atoms with Gasteiger partial charge in [-0.15, -0.1) is 0 Å². The Hall–Kier alpha value is -1.26. The van der Waals surface area contributed by atoms with Gasteiger partial charge in [0.1, 0.15) is 0 Å². The molecule has 3 heterocycles. The van der Waals surface area contributed by atoms with Crippen LogP contribution in [0.1, 0.15) is 72.8 Å². The molecule has 0 N–H and O–H groups in total. The van der Waals surface area contributed by atoms with Gasteiger partial charge in [0.05, 0.1) is 6.54 Å². The van der Waals surface area contributed by atoms with Crippen LogP contribution >= 0.6 is 22.9 Å². The van der Waals surface area contributed by atoms with Gasteiger partial charge in [0.25, 0.3) is 0 Å². The molecule has 0 saturated heterocycles. The minimum atomic E-state index is 0.243. The van der Waals surface area contributed by atoms with Gasteiger partial charge in [-0.25, -0.2) is 4.37 Å². The fourth-order valence-corrected chi connectivity index (χ4v) is 3.66. The van der Waals surface area contributed by atoms with Gasteiger partial charge >= 0.3 is 0 Å². The molecule has 0 saturated carbocycles. The third-order valence-corrected chi connectivity index (χ3v) is 5.83. The summed E-state index contributed by atoms with van der Waals surface area (Å²) < 4.78 is 4.03. The molecule has 1 aliphatic heterocycles. The van der Waals surface area contributed by atoms with Crippen LogP contribution in [0.15, 0.2) is 46.2 Å². The molecule has 0 aliphatic carbocycles. The summed E-state index contributed by atoms with van der Waals surface area (Å²) in [6, 6.07) is 4.26. The fourth-order valence-electron chi connectivity index (χ4n) is 2.15. The first-order valence-corrected chi connectivity index (χ1v) is 11.2. The Kier molecular flexibility index (Phi) is 8.62. The smallest absolute Gasteiger partial charge is 0.0577 e. The van der Waals surface area contributed by atoms with Crippen molar-refractivity contribution in [2.24, 2.45) is 10.4 Å². The van der Waals surface area contributed by atoms with Gasteiger partial charge in [-0.05, 0) is 56.9 Å². The van der Waals surface area contributed by atoms with E-state index in [9.17, 15) is 0 Å². The molecule has 0 bridgehead atoms. The second-order valence-corrected chi connectivity index (χ2v) is 11.4. The topological polar surface area (TPSA) is 25.2 Å². The standard InChI is InChI=1S/C8H13N.C8H12S.C7H11NS/c1-8(2,3)7-5-4-6-9-7;1-8(2,3)7-4-5-9-6-7;1-7(2,3)6-4-5-8-9-6/h4-5H,6H2,1-3H3;4-6H,1-3H3;4-5H,1-3H3. The Balaban J connectivity index is 0.000000202. The highest BCUT2D eigenvalue weighted by Crippen LogP contribution is 2.24. The molecule has 3 rings (SSSR count). The van der Waals surface area contributed by atoms with Crippen molar-refractivity contribution in [1.82, 2.24) is 4.37 Å². The first-order valence-electron chi connectivity index (χ1n) is 9.47. The predicted molar refractivity (Wildman–Crippen MR) is 125 cm³/mol. The number of rotatable bonds is 0.